The van der Waals surface area contributed by atoms with Crippen LogP contribution >= 0.6 is 0 Å². The van der Waals surface area contributed by atoms with Crippen molar-refractivity contribution in [2.45, 2.75) is 52.6 Å². The lowest BCUT2D eigenvalue weighted by atomic mass is 9.90. The molecule has 0 atom stereocenters. The first-order valence-corrected chi connectivity index (χ1v) is 13.7. The SMILES string of the molecule is CC(C)(C)n1c2cccc3ccc4c(-c5ccc6c7c5ccc5cccc(c57)n6C(C)(C)C)ccc1c4c32. The molecule has 0 saturated carbocycles. The molecule has 0 saturated heterocycles. The predicted molar refractivity (Wildman–Crippen MR) is 165 cm³/mol. The van der Waals surface area contributed by atoms with Crippen molar-refractivity contribution >= 4 is 65.2 Å². The summed E-state index contributed by atoms with van der Waals surface area (Å²) in [4.78, 5) is 0. The molecule has 6 aromatic carbocycles. The number of rotatable bonds is 1. The van der Waals surface area contributed by atoms with E-state index in [0.29, 0.717) is 0 Å². The van der Waals surface area contributed by atoms with Gasteiger partial charge in [-0.3, -0.25) is 0 Å². The zero-order valence-corrected chi connectivity index (χ0v) is 23.0. The summed E-state index contributed by atoms with van der Waals surface area (Å²) in [5, 5.41) is 10.8. The molecule has 0 amide bonds. The molecule has 2 heterocycles. The van der Waals surface area contributed by atoms with Crippen LogP contribution in [-0.2, 0) is 11.1 Å². The van der Waals surface area contributed by atoms with E-state index in [1.807, 2.05) is 0 Å². The maximum Gasteiger partial charge on any atom is 0.0503 e. The van der Waals surface area contributed by atoms with Crippen LogP contribution in [0, 0.1) is 0 Å². The van der Waals surface area contributed by atoms with Crippen molar-refractivity contribution in [3.63, 3.8) is 0 Å². The van der Waals surface area contributed by atoms with Crippen molar-refractivity contribution < 1.29 is 0 Å². The Bertz CT molecular complexity index is 2030. The zero-order valence-electron chi connectivity index (χ0n) is 23.0. The third-order valence-corrected chi connectivity index (χ3v) is 8.55. The van der Waals surface area contributed by atoms with Crippen LogP contribution in [0.5, 0.6) is 0 Å². The highest BCUT2D eigenvalue weighted by atomic mass is 15.1. The standard InChI is InChI=1S/C36H32N2/c1-35(2,3)37-27-11-7-9-21-13-15-25-23(17-19-29(37)33(25)31(21)27)24-18-20-30-34-26(24)16-14-22-10-8-12-28(32(22)34)38(30)36(4,5)6/h7-20H,1-6H3. The van der Waals surface area contributed by atoms with E-state index in [-0.39, 0.29) is 11.1 Å². The molecule has 0 spiro atoms. The van der Waals surface area contributed by atoms with Gasteiger partial charge in [0.15, 0.2) is 0 Å². The summed E-state index contributed by atoms with van der Waals surface area (Å²) in [6.45, 7) is 13.9. The highest BCUT2D eigenvalue weighted by Gasteiger charge is 2.26. The third kappa shape index (κ3) is 2.63. The van der Waals surface area contributed by atoms with Gasteiger partial charge in [-0.2, -0.15) is 0 Å². The average Bonchev–Trinajstić information content (AvgIpc) is 3.41. The van der Waals surface area contributed by atoms with Crippen LogP contribution in [0.4, 0.5) is 0 Å². The monoisotopic (exact) mass is 492 g/mol. The maximum atomic E-state index is 2.53. The molecule has 0 fully saturated rings. The summed E-state index contributed by atoms with van der Waals surface area (Å²) in [7, 11) is 0. The van der Waals surface area contributed by atoms with Crippen molar-refractivity contribution in [2.24, 2.45) is 0 Å². The Kier molecular flexibility index (Phi) is 3.98. The Morgan fingerprint density at radius 2 is 0.789 bits per heavy atom. The Morgan fingerprint density at radius 1 is 0.395 bits per heavy atom. The molecule has 38 heavy (non-hydrogen) atoms. The van der Waals surface area contributed by atoms with Crippen molar-refractivity contribution in [3.8, 4) is 11.1 Å². The summed E-state index contributed by atoms with van der Waals surface area (Å²) in [5.41, 5.74) is 7.88. The van der Waals surface area contributed by atoms with E-state index in [0.717, 1.165) is 0 Å². The van der Waals surface area contributed by atoms with Crippen LogP contribution < -0.4 is 0 Å². The summed E-state index contributed by atoms with van der Waals surface area (Å²) >= 11 is 0. The molecule has 8 aromatic rings. The van der Waals surface area contributed by atoms with Gasteiger partial charge in [0.2, 0.25) is 0 Å². The lowest BCUT2D eigenvalue weighted by molar-refractivity contribution is 0.423. The van der Waals surface area contributed by atoms with Gasteiger partial charge in [0, 0.05) is 32.6 Å². The summed E-state index contributed by atoms with van der Waals surface area (Å²) in [5.74, 6) is 0. The molecular formula is C36H32N2. The molecule has 0 unspecified atom stereocenters. The van der Waals surface area contributed by atoms with Gasteiger partial charge in [0.1, 0.15) is 0 Å². The quantitative estimate of drug-likeness (QED) is 0.202. The van der Waals surface area contributed by atoms with E-state index in [2.05, 4.69) is 136 Å². The zero-order chi connectivity index (χ0) is 26.1. The molecule has 2 heteroatoms. The number of nitrogens with zero attached hydrogens (tertiary/aromatic N) is 2. The smallest absolute Gasteiger partial charge is 0.0503 e. The van der Waals surface area contributed by atoms with Crippen LogP contribution in [0.15, 0.2) is 84.9 Å². The Morgan fingerprint density at radius 3 is 1.18 bits per heavy atom. The lowest BCUT2D eigenvalue weighted by Crippen LogP contribution is -2.21. The second-order valence-electron chi connectivity index (χ2n) is 13.0. The van der Waals surface area contributed by atoms with Gasteiger partial charge < -0.3 is 9.13 Å². The molecule has 2 aromatic heterocycles. The van der Waals surface area contributed by atoms with Gasteiger partial charge >= 0.3 is 0 Å². The van der Waals surface area contributed by atoms with Crippen LogP contribution in [0.3, 0.4) is 0 Å². The van der Waals surface area contributed by atoms with E-state index >= 15 is 0 Å². The first-order valence-electron chi connectivity index (χ1n) is 13.7. The second-order valence-corrected chi connectivity index (χ2v) is 13.0. The molecule has 0 radical (unpaired) electrons. The Labute approximate surface area is 222 Å². The normalized spacial score (nSPS) is 13.5. The molecule has 2 nitrogen and oxygen atoms in total. The molecule has 0 aliphatic rings. The molecule has 0 bridgehead atoms. The van der Waals surface area contributed by atoms with Crippen LogP contribution in [0.2, 0.25) is 0 Å². The van der Waals surface area contributed by atoms with Crippen molar-refractivity contribution in [1.82, 2.24) is 9.13 Å². The largest absolute Gasteiger partial charge is 0.335 e. The Balaban J connectivity index is 1.53. The van der Waals surface area contributed by atoms with Gasteiger partial charge in [-0.05, 0) is 98.5 Å². The van der Waals surface area contributed by atoms with Crippen molar-refractivity contribution in [3.05, 3.63) is 84.9 Å². The molecule has 0 aliphatic heterocycles. The second kappa shape index (κ2) is 6.88. The fourth-order valence-electron chi connectivity index (χ4n) is 7.29. The minimum atomic E-state index is -0.0133. The Hall–Kier alpha value is -4.04. The van der Waals surface area contributed by atoms with E-state index in [1.165, 1.54) is 76.3 Å². The van der Waals surface area contributed by atoms with E-state index in [1.54, 1.807) is 0 Å². The summed E-state index contributed by atoms with van der Waals surface area (Å²) in [6.07, 6.45) is 0. The fraction of sp³-hybridized carbons (Fsp3) is 0.222. The van der Waals surface area contributed by atoms with Crippen LogP contribution in [-0.4, -0.2) is 9.13 Å². The molecule has 0 N–H and O–H groups in total. The number of aromatic nitrogens is 2. The van der Waals surface area contributed by atoms with Crippen LogP contribution in [0.25, 0.3) is 76.3 Å². The minimum Gasteiger partial charge on any atom is -0.335 e. The van der Waals surface area contributed by atoms with Crippen molar-refractivity contribution in [2.75, 3.05) is 0 Å². The first kappa shape index (κ1) is 22.0. The van der Waals surface area contributed by atoms with E-state index < -0.39 is 0 Å². The molecule has 0 aliphatic carbocycles. The lowest BCUT2D eigenvalue weighted by Gasteiger charge is -2.24. The van der Waals surface area contributed by atoms with Gasteiger partial charge in [-0.15, -0.1) is 0 Å². The summed E-state index contributed by atoms with van der Waals surface area (Å²) in [6, 6.07) is 32.2. The number of hydrogen-bond donors (Lipinski definition) is 0. The van der Waals surface area contributed by atoms with Gasteiger partial charge in [0.25, 0.3) is 0 Å². The average molecular weight is 493 g/mol. The van der Waals surface area contributed by atoms with Crippen molar-refractivity contribution in [1.29, 1.82) is 0 Å². The molecule has 8 rings (SSSR count). The first-order chi connectivity index (χ1) is 18.1. The number of hydrogen-bond acceptors (Lipinski definition) is 0. The maximum absolute atomic E-state index is 2.53. The third-order valence-electron chi connectivity index (χ3n) is 8.55. The fourth-order valence-corrected chi connectivity index (χ4v) is 7.29. The van der Waals surface area contributed by atoms with Gasteiger partial charge in [0.05, 0.1) is 22.1 Å². The van der Waals surface area contributed by atoms with Crippen LogP contribution in [0.1, 0.15) is 41.5 Å². The van der Waals surface area contributed by atoms with Gasteiger partial charge in [-0.25, -0.2) is 0 Å². The van der Waals surface area contributed by atoms with Gasteiger partial charge in [-0.1, -0.05) is 60.7 Å². The molecule has 186 valence electrons. The minimum absolute atomic E-state index is 0.0133. The summed E-state index contributed by atoms with van der Waals surface area (Å²) < 4.78 is 5.05. The van der Waals surface area contributed by atoms with E-state index in [9.17, 15) is 0 Å². The highest BCUT2D eigenvalue weighted by molar-refractivity contribution is 6.29. The van der Waals surface area contributed by atoms with E-state index in [4.69, 9.17) is 0 Å². The highest BCUT2D eigenvalue weighted by Crippen LogP contribution is 2.47. The predicted octanol–water partition coefficient (Wildman–Crippen LogP) is 10.3. The topological polar surface area (TPSA) is 9.86 Å². The number of benzene rings is 6. The molecular weight excluding hydrogens is 460 g/mol.